The van der Waals surface area contributed by atoms with Gasteiger partial charge in [-0.15, -0.1) is 0 Å². The van der Waals surface area contributed by atoms with Gasteiger partial charge in [0.1, 0.15) is 5.82 Å². The summed E-state index contributed by atoms with van der Waals surface area (Å²) in [6, 6.07) is 0.319. The second-order valence-electron chi connectivity index (χ2n) is 5.03. The van der Waals surface area contributed by atoms with Crippen molar-refractivity contribution in [3.05, 3.63) is 17.2 Å². The first kappa shape index (κ1) is 11.6. The van der Waals surface area contributed by atoms with E-state index >= 15 is 0 Å². The molecule has 1 aliphatic rings. The highest BCUT2D eigenvalue weighted by atomic mass is 15.1. The lowest BCUT2D eigenvalue weighted by molar-refractivity contribution is 0.529. The number of aryl methyl sites for hydroxylation is 2. The van der Waals surface area contributed by atoms with E-state index in [2.05, 4.69) is 23.4 Å². The molecule has 0 aromatic carbocycles. The van der Waals surface area contributed by atoms with Crippen molar-refractivity contribution in [3.63, 3.8) is 0 Å². The Bertz CT molecular complexity index is 352. The third-order valence-electron chi connectivity index (χ3n) is 3.46. The molecule has 0 saturated heterocycles. The predicted octanol–water partition coefficient (Wildman–Crippen LogP) is 2.20. The van der Waals surface area contributed by atoms with Crippen molar-refractivity contribution in [2.75, 3.05) is 0 Å². The second kappa shape index (κ2) is 5.00. The van der Waals surface area contributed by atoms with Gasteiger partial charge in [-0.25, -0.2) is 4.98 Å². The van der Waals surface area contributed by atoms with Gasteiger partial charge in [-0.05, 0) is 52.4 Å². The number of nitrogens with zero attached hydrogens (tertiary/aromatic N) is 2. The summed E-state index contributed by atoms with van der Waals surface area (Å²) >= 11 is 0. The molecular formula is C13H23N3. The van der Waals surface area contributed by atoms with Gasteiger partial charge in [-0.2, -0.15) is 0 Å². The molecule has 3 nitrogen and oxygen atoms in total. The average Bonchev–Trinajstić information content (AvgIpc) is 2.55. The molecular weight excluding hydrogens is 198 g/mol. The molecule has 2 N–H and O–H groups in total. The topological polar surface area (TPSA) is 43.8 Å². The highest BCUT2D eigenvalue weighted by Gasteiger charge is 2.17. The van der Waals surface area contributed by atoms with Crippen molar-refractivity contribution >= 4 is 0 Å². The van der Waals surface area contributed by atoms with Crippen molar-refractivity contribution in [1.29, 1.82) is 0 Å². The van der Waals surface area contributed by atoms with Gasteiger partial charge in [0, 0.05) is 18.3 Å². The number of hydrogen-bond acceptors (Lipinski definition) is 2. The molecule has 0 bridgehead atoms. The predicted molar refractivity (Wildman–Crippen MR) is 66.5 cm³/mol. The number of hydrogen-bond donors (Lipinski definition) is 1. The fourth-order valence-corrected chi connectivity index (χ4v) is 2.60. The Morgan fingerprint density at radius 1 is 1.38 bits per heavy atom. The largest absolute Gasteiger partial charge is 0.332 e. The van der Waals surface area contributed by atoms with Gasteiger partial charge in [0.25, 0.3) is 0 Å². The molecule has 1 atom stereocenters. The standard InChI is InChI=1S/C13H23N3/c1-10(14)6-5-9-16-11(2)15-12-7-3-4-8-13(12)16/h10H,3-9,14H2,1-2H3. The normalized spacial score (nSPS) is 17.2. The van der Waals surface area contributed by atoms with E-state index in [1.165, 1.54) is 49.3 Å². The first-order valence-electron chi connectivity index (χ1n) is 6.49. The van der Waals surface area contributed by atoms with Gasteiger partial charge < -0.3 is 10.3 Å². The number of rotatable bonds is 4. The molecule has 1 aromatic heterocycles. The van der Waals surface area contributed by atoms with Crippen molar-refractivity contribution < 1.29 is 0 Å². The molecule has 0 aliphatic heterocycles. The molecule has 0 fully saturated rings. The fourth-order valence-electron chi connectivity index (χ4n) is 2.60. The molecule has 2 rings (SSSR count). The van der Waals surface area contributed by atoms with E-state index in [1.54, 1.807) is 0 Å². The maximum absolute atomic E-state index is 5.78. The summed E-state index contributed by atoms with van der Waals surface area (Å²) in [7, 11) is 0. The van der Waals surface area contributed by atoms with E-state index < -0.39 is 0 Å². The van der Waals surface area contributed by atoms with Crippen LogP contribution in [0.4, 0.5) is 0 Å². The van der Waals surface area contributed by atoms with Crippen LogP contribution < -0.4 is 5.73 Å². The number of aromatic nitrogens is 2. The van der Waals surface area contributed by atoms with Gasteiger partial charge in [-0.1, -0.05) is 0 Å². The maximum atomic E-state index is 5.78. The lowest BCUT2D eigenvalue weighted by atomic mass is 10.0. The Morgan fingerprint density at radius 2 is 2.12 bits per heavy atom. The van der Waals surface area contributed by atoms with E-state index in [9.17, 15) is 0 Å². The lowest BCUT2D eigenvalue weighted by Gasteiger charge is -2.15. The molecule has 1 aromatic rings. The minimum absolute atomic E-state index is 0.319. The molecule has 3 heteroatoms. The Balaban J connectivity index is 2.05. The molecule has 0 spiro atoms. The molecule has 16 heavy (non-hydrogen) atoms. The average molecular weight is 221 g/mol. The summed E-state index contributed by atoms with van der Waals surface area (Å²) in [5.74, 6) is 1.19. The third-order valence-corrected chi connectivity index (χ3v) is 3.46. The van der Waals surface area contributed by atoms with E-state index in [-0.39, 0.29) is 0 Å². The van der Waals surface area contributed by atoms with Crippen molar-refractivity contribution in [2.45, 2.75) is 65.0 Å². The van der Waals surface area contributed by atoms with Crippen molar-refractivity contribution in [1.82, 2.24) is 9.55 Å². The minimum atomic E-state index is 0.319. The summed E-state index contributed by atoms with van der Waals surface area (Å²) in [5, 5.41) is 0. The first-order valence-corrected chi connectivity index (χ1v) is 6.49. The van der Waals surface area contributed by atoms with Gasteiger partial charge in [0.15, 0.2) is 0 Å². The third kappa shape index (κ3) is 2.46. The van der Waals surface area contributed by atoms with Crippen LogP contribution in [0.2, 0.25) is 0 Å². The number of nitrogens with two attached hydrogens (primary N) is 1. The fraction of sp³-hybridized carbons (Fsp3) is 0.769. The summed E-state index contributed by atoms with van der Waals surface area (Å²) in [6.07, 6.45) is 7.30. The van der Waals surface area contributed by atoms with Crippen LogP contribution in [-0.2, 0) is 19.4 Å². The number of fused-ring (bicyclic) bond motifs is 1. The zero-order chi connectivity index (χ0) is 11.5. The van der Waals surface area contributed by atoms with Crippen LogP contribution in [0.3, 0.4) is 0 Å². The zero-order valence-electron chi connectivity index (χ0n) is 10.5. The van der Waals surface area contributed by atoms with Gasteiger partial charge in [0.05, 0.1) is 5.69 Å². The van der Waals surface area contributed by atoms with Crippen LogP contribution >= 0.6 is 0 Å². The first-order chi connectivity index (χ1) is 7.68. The highest BCUT2D eigenvalue weighted by molar-refractivity contribution is 5.19. The van der Waals surface area contributed by atoms with Crippen molar-refractivity contribution in [2.24, 2.45) is 5.73 Å². The van der Waals surface area contributed by atoms with Gasteiger partial charge in [-0.3, -0.25) is 0 Å². The molecule has 1 heterocycles. The van der Waals surface area contributed by atoms with E-state index in [0.29, 0.717) is 6.04 Å². The zero-order valence-corrected chi connectivity index (χ0v) is 10.5. The van der Waals surface area contributed by atoms with E-state index in [4.69, 9.17) is 5.73 Å². The van der Waals surface area contributed by atoms with Gasteiger partial charge in [0.2, 0.25) is 0 Å². The number of imidazole rings is 1. The Labute approximate surface area is 98.1 Å². The summed E-state index contributed by atoms with van der Waals surface area (Å²) in [6.45, 7) is 5.30. The molecule has 0 saturated carbocycles. The Kier molecular flexibility index (Phi) is 3.64. The second-order valence-corrected chi connectivity index (χ2v) is 5.03. The lowest BCUT2D eigenvalue weighted by Crippen LogP contribution is -2.16. The summed E-state index contributed by atoms with van der Waals surface area (Å²) < 4.78 is 2.41. The SMILES string of the molecule is Cc1nc2c(n1CCCC(C)N)CCCC2. The summed E-state index contributed by atoms with van der Waals surface area (Å²) in [4.78, 5) is 4.68. The highest BCUT2D eigenvalue weighted by Crippen LogP contribution is 2.22. The van der Waals surface area contributed by atoms with Gasteiger partial charge >= 0.3 is 0 Å². The van der Waals surface area contributed by atoms with Crippen LogP contribution in [0.25, 0.3) is 0 Å². The van der Waals surface area contributed by atoms with Crippen LogP contribution in [0, 0.1) is 6.92 Å². The smallest absolute Gasteiger partial charge is 0.106 e. The van der Waals surface area contributed by atoms with Crippen molar-refractivity contribution in [3.8, 4) is 0 Å². The monoisotopic (exact) mass is 221 g/mol. The molecule has 1 aliphatic carbocycles. The summed E-state index contributed by atoms with van der Waals surface area (Å²) in [5.41, 5.74) is 8.63. The molecule has 0 radical (unpaired) electrons. The van der Waals surface area contributed by atoms with E-state index in [1.807, 2.05) is 0 Å². The Hall–Kier alpha value is -0.830. The maximum Gasteiger partial charge on any atom is 0.106 e. The molecule has 0 amide bonds. The minimum Gasteiger partial charge on any atom is -0.332 e. The van der Waals surface area contributed by atoms with Crippen LogP contribution in [0.1, 0.15) is 49.8 Å². The molecule has 90 valence electrons. The van der Waals surface area contributed by atoms with Crippen LogP contribution in [0.15, 0.2) is 0 Å². The molecule has 1 unspecified atom stereocenters. The Morgan fingerprint density at radius 3 is 2.88 bits per heavy atom. The quantitative estimate of drug-likeness (QED) is 0.847. The van der Waals surface area contributed by atoms with Crippen LogP contribution in [-0.4, -0.2) is 15.6 Å². The van der Waals surface area contributed by atoms with Crippen LogP contribution in [0.5, 0.6) is 0 Å². The van der Waals surface area contributed by atoms with E-state index in [0.717, 1.165) is 13.0 Å².